The van der Waals surface area contributed by atoms with Crippen LogP contribution in [0.3, 0.4) is 0 Å². The van der Waals surface area contributed by atoms with Crippen molar-refractivity contribution in [3.05, 3.63) is 53.6 Å². The van der Waals surface area contributed by atoms with Crippen LogP contribution in [0.2, 0.25) is 0 Å². The molecule has 33 heavy (non-hydrogen) atoms. The zero-order valence-electron chi connectivity index (χ0n) is 19.5. The van der Waals surface area contributed by atoms with Crippen LogP contribution in [0.15, 0.2) is 47.4 Å². The van der Waals surface area contributed by atoms with Crippen molar-refractivity contribution in [2.75, 3.05) is 20.0 Å². The number of methoxy groups -OCH3 is 2. The first kappa shape index (κ1) is 26.1. The van der Waals surface area contributed by atoms with Crippen molar-refractivity contribution in [3.8, 4) is 11.5 Å². The normalized spacial score (nSPS) is 11.5. The zero-order chi connectivity index (χ0) is 24.4. The smallest absolute Gasteiger partial charge is 0.340 e. The number of benzene rings is 2. The highest BCUT2D eigenvalue weighted by Gasteiger charge is 2.21. The van der Waals surface area contributed by atoms with Crippen molar-refractivity contribution in [2.24, 2.45) is 0 Å². The van der Waals surface area contributed by atoms with Crippen LogP contribution < -0.4 is 20.1 Å². The molecular formula is C24H30N2O6S. The van der Waals surface area contributed by atoms with E-state index >= 15 is 0 Å². The van der Waals surface area contributed by atoms with E-state index in [1.54, 1.807) is 49.6 Å². The number of hydrogen-bond acceptors (Lipinski definition) is 7. The molecule has 2 aromatic carbocycles. The fourth-order valence-corrected chi connectivity index (χ4v) is 3.72. The number of thioether (sulfide) groups is 1. The average Bonchev–Trinajstić information content (AvgIpc) is 2.80. The Kier molecular flexibility index (Phi) is 10.1. The van der Waals surface area contributed by atoms with E-state index in [9.17, 15) is 14.4 Å². The quantitative estimate of drug-likeness (QED) is 0.381. The van der Waals surface area contributed by atoms with E-state index in [4.69, 9.17) is 14.2 Å². The second kappa shape index (κ2) is 12.7. The highest BCUT2D eigenvalue weighted by molar-refractivity contribution is 8.00. The Morgan fingerprint density at radius 2 is 1.67 bits per heavy atom. The number of nitrogens with one attached hydrogen (secondary N) is 2. The molecule has 0 spiro atoms. The number of esters is 1. The maximum Gasteiger partial charge on any atom is 0.340 e. The lowest BCUT2D eigenvalue weighted by Crippen LogP contribution is -2.35. The second-order valence-corrected chi connectivity index (χ2v) is 8.48. The van der Waals surface area contributed by atoms with Crippen LogP contribution >= 0.6 is 11.8 Å². The fraction of sp³-hybridized carbons (Fsp3) is 0.375. The molecular weight excluding hydrogens is 444 g/mol. The van der Waals surface area contributed by atoms with Gasteiger partial charge in [-0.1, -0.05) is 18.2 Å². The van der Waals surface area contributed by atoms with Gasteiger partial charge < -0.3 is 24.8 Å². The third kappa shape index (κ3) is 8.02. The minimum absolute atomic E-state index is 0.0386. The van der Waals surface area contributed by atoms with E-state index in [0.717, 1.165) is 5.56 Å². The molecule has 2 aromatic rings. The van der Waals surface area contributed by atoms with Gasteiger partial charge in [0.1, 0.15) is 0 Å². The van der Waals surface area contributed by atoms with Crippen molar-refractivity contribution in [2.45, 2.75) is 44.4 Å². The summed E-state index contributed by atoms with van der Waals surface area (Å²) in [6, 6.07) is 12.2. The lowest BCUT2D eigenvalue weighted by atomic mass is 10.2. The van der Waals surface area contributed by atoms with Gasteiger partial charge in [0.25, 0.3) is 5.91 Å². The second-order valence-electron chi connectivity index (χ2n) is 7.46. The van der Waals surface area contributed by atoms with Gasteiger partial charge in [-0.05, 0) is 50.6 Å². The lowest BCUT2D eigenvalue weighted by molar-refractivity contribution is -0.129. The monoisotopic (exact) mass is 474 g/mol. The first-order chi connectivity index (χ1) is 15.7. The summed E-state index contributed by atoms with van der Waals surface area (Å²) >= 11 is 1.24. The molecule has 0 saturated carbocycles. The molecule has 0 aliphatic rings. The van der Waals surface area contributed by atoms with Crippen molar-refractivity contribution in [1.82, 2.24) is 10.6 Å². The summed E-state index contributed by atoms with van der Waals surface area (Å²) in [7, 11) is 3.08. The highest BCUT2D eigenvalue weighted by Crippen LogP contribution is 2.27. The van der Waals surface area contributed by atoms with E-state index < -0.39 is 18.0 Å². The van der Waals surface area contributed by atoms with Crippen molar-refractivity contribution in [1.29, 1.82) is 0 Å². The summed E-state index contributed by atoms with van der Waals surface area (Å²) in [5.41, 5.74) is 1.11. The van der Waals surface area contributed by atoms with Crippen LogP contribution in [0.25, 0.3) is 0 Å². The molecule has 1 atom stereocenters. The number of ether oxygens (including phenoxy) is 3. The first-order valence-corrected chi connectivity index (χ1v) is 11.4. The van der Waals surface area contributed by atoms with E-state index in [2.05, 4.69) is 10.6 Å². The van der Waals surface area contributed by atoms with Crippen LogP contribution in [0.4, 0.5) is 0 Å². The summed E-state index contributed by atoms with van der Waals surface area (Å²) in [6.07, 6.45) is -1.00. The molecule has 1 unspecified atom stereocenters. The summed E-state index contributed by atoms with van der Waals surface area (Å²) in [5, 5.41) is 5.55. The fourth-order valence-electron chi connectivity index (χ4n) is 2.87. The predicted molar refractivity (Wildman–Crippen MR) is 127 cm³/mol. The maximum absolute atomic E-state index is 12.7. The predicted octanol–water partition coefficient (Wildman–Crippen LogP) is 3.18. The Bertz CT molecular complexity index is 979. The van der Waals surface area contributed by atoms with E-state index in [-0.39, 0.29) is 24.2 Å². The third-order valence-corrected chi connectivity index (χ3v) is 5.56. The molecule has 9 heteroatoms. The van der Waals surface area contributed by atoms with E-state index in [1.165, 1.54) is 25.8 Å². The van der Waals surface area contributed by atoms with E-state index in [0.29, 0.717) is 22.0 Å². The Hall–Kier alpha value is -3.20. The summed E-state index contributed by atoms with van der Waals surface area (Å²) in [4.78, 5) is 37.7. The summed E-state index contributed by atoms with van der Waals surface area (Å²) < 4.78 is 15.8. The van der Waals surface area contributed by atoms with Crippen LogP contribution in [-0.2, 0) is 20.9 Å². The van der Waals surface area contributed by atoms with Gasteiger partial charge in [-0.3, -0.25) is 9.59 Å². The molecule has 0 aliphatic carbocycles. The molecule has 2 N–H and O–H groups in total. The van der Waals surface area contributed by atoms with Gasteiger partial charge in [0.15, 0.2) is 17.6 Å². The topological polar surface area (TPSA) is 103 Å². The minimum Gasteiger partial charge on any atom is -0.493 e. The van der Waals surface area contributed by atoms with Crippen molar-refractivity contribution >= 4 is 29.5 Å². The summed E-state index contributed by atoms with van der Waals surface area (Å²) in [6.45, 7) is 5.50. The molecule has 178 valence electrons. The number of carbonyl (C=O) groups excluding carboxylic acids is 3. The van der Waals surface area contributed by atoms with Crippen molar-refractivity contribution in [3.63, 3.8) is 0 Å². The van der Waals surface area contributed by atoms with Gasteiger partial charge in [0.2, 0.25) is 5.91 Å². The lowest BCUT2D eigenvalue weighted by Gasteiger charge is -2.16. The molecule has 2 rings (SSSR count). The van der Waals surface area contributed by atoms with Crippen LogP contribution in [0, 0.1) is 0 Å². The van der Waals surface area contributed by atoms with Gasteiger partial charge in [0.05, 0.1) is 25.5 Å². The van der Waals surface area contributed by atoms with Crippen LogP contribution in [-0.4, -0.2) is 49.9 Å². The largest absolute Gasteiger partial charge is 0.493 e. The minimum atomic E-state index is -1.00. The van der Waals surface area contributed by atoms with E-state index in [1.807, 2.05) is 13.8 Å². The SMILES string of the molecule is COc1ccc(CNC(=O)C(C)OC(=O)c2ccccc2SCC(=O)NC(C)C)cc1OC. The highest BCUT2D eigenvalue weighted by atomic mass is 32.2. The number of amides is 2. The molecule has 0 heterocycles. The van der Waals surface area contributed by atoms with Gasteiger partial charge in [-0.25, -0.2) is 4.79 Å². The molecule has 0 radical (unpaired) electrons. The van der Waals surface area contributed by atoms with Gasteiger partial charge in [-0.15, -0.1) is 11.8 Å². The molecule has 0 aliphatic heterocycles. The van der Waals surface area contributed by atoms with Crippen LogP contribution in [0.1, 0.15) is 36.7 Å². The molecule has 0 fully saturated rings. The third-order valence-electron chi connectivity index (χ3n) is 4.48. The number of hydrogen-bond donors (Lipinski definition) is 2. The Morgan fingerprint density at radius 3 is 2.33 bits per heavy atom. The molecule has 2 amide bonds. The Morgan fingerprint density at radius 1 is 0.970 bits per heavy atom. The summed E-state index contributed by atoms with van der Waals surface area (Å²) in [5.74, 6) is 0.133. The molecule has 0 saturated heterocycles. The molecule has 0 bridgehead atoms. The molecule has 0 aromatic heterocycles. The van der Waals surface area contributed by atoms with Crippen LogP contribution in [0.5, 0.6) is 11.5 Å². The maximum atomic E-state index is 12.7. The van der Waals surface area contributed by atoms with Gasteiger partial charge in [-0.2, -0.15) is 0 Å². The zero-order valence-corrected chi connectivity index (χ0v) is 20.3. The Labute approximate surface area is 198 Å². The van der Waals surface area contributed by atoms with Gasteiger partial charge >= 0.3 is 5.97 Å². The number of rotatable bonds is 11. The first-order valence-electron chi connectivity index (χ1n) is 10.5. The standard InChI is InChI=1S/C24H30N2O6S/c1-15(2)26-22(27)14-33-21-9-7-6-8-18(21)24(29)32-16(3)23(28)25-13-17-10-11-19(30-4)20(12-17)31-5/h6-12,15-16H,13-14H2,1-5H3,(H,25,28)(H,26,27). The average molecular weight is 475 g/mol. The Balaban J connectivity index is 1.94. The number of carbonyl (C=O) groups is 3. The molecule has 8 nitrogen and oxygen atoms in total. The van der Waals surface area contributed by atoms with Crippen molar-refractivity contribution < 1.29 is 28.6 Å². The van der Waals surface area contributed by atoms with Gasteiger partial charge in [0, 0.05) is 17.5 Å².